The van der Waals surface area contributed by atoms with Gasteiger partial charge in [-0.1, -0.05) is 0 Å². The van der Waals surface area contributed by atoms with Crippen molar-refractivity contribution in [3.8, 4) is 0 Å². The van der Waals surface area contributed by atoms with Gasteiger partial charge in [-0.2, -0.15) is 16.8 Å². The van der Waals surface area contributed by atoms with E-state index in [-0.39, 0.29) is 29.6 Å². The van der Waals surface area contributed by atoms with Gasteiger partial charge < -0.3 is 0 Å². The zero-order valence-electron chi connectivity index (χ0n) is 5.84. The van der Waals surface area contributed by atoms with Crippen molar-refractivity contribution in [3.05, 3.63) is 0 Å². The molecule has 0 saturated heterocycles. The summed E-state index contributed by atoms with van der Waals surface area (Å²) < 4.78 is 55.3. The Bertz CT molecular complexity index is 303. The van der Waals surface area contributed by atoms with Crippen LogP contribution < -0.4 is 0 Å². The van der Waals surface area contributed by atoms with Crippen LogP contribution in [-0.2, 0) is 20.2 Å². The first kappa shape index (κ1) is 15.3. The first-order valence-electron chi connectivity index (χ1n) is 2.44. The average Bonchev–Trinajstić information content (AvgIpc) is 1.58. The number of hydrogen-bond donors (Lipinski definition) is 2. The summed E-state index contributed by atoms with van der Waals surface area (Å²) in [6, 6.07) is 0. The second-order valence-corrected chi connectivity index (χ2v) is 6.55. The van der Waals surface area contributed by atoms with E-state index in [0.29, 0.717) is 13.8 Å². The van der Waals surface area contributed by atoms with Gasteiger partial charge in [-0.05, 0) is 13.8 Å². The SMILES string of the molecule is CC(C)(S(=O)(=O)O)S(=O)(=O)O.[NaH]. The second-order valence-electron chi connectivity index (χ2n) is 2.35. The third-order valence-electron chi connectivity index (χ3n) is 1.24. The molecule has 0 heterocycles. The molecular weight excluding hydrogens is 219 g/mol. The van der Waals surface area contributed by atoms with Crippen LogP contribution in [0.4, 0.5) is 0 Å². The summed E-state index contributed by atoms with van der Waals surface area (Å²) in [5.74, 6) is 0. The van der Waals surface area contributed by atoms with Crippen LogP contribution in [0.5, 0.6) is 0 Å². The van der Waals surface area contributed by atoms with Crippen LogP contribution in [0.2, 0.25) is 0 Å². The molecule has 9 heteroatoms. The molecule has 0 aromatic rings. The molecular formula is C3H9NaO6S2. The molecule has 70 valence electrons. The summed E-state index contributed by atoms with van der Waals surface area (Å²) >= 11 is 0. The topological polar surface area (TPSA) is 109 Å². The summed E-state index contributed by atoms with van der Waals surface area (Å²) in [7, 11) is -9.60. The summed E-state index contributed by atoms with van der Waals surface area (Å²) in [5.41, 5.74) is 0. The van der Waals surface area contributed by atoms with Gasteiger partial charge in [0.2, 0.25) is 4.08 Å². The van der Waals surface area contributed by atoms with Crippen molar-refractivity contribution in [1.82, 2.24) is 0 Å². The molecule has 0 radical (unpaired) electrons. The third kappa shape index (κ3) is 2.95. The van der Waals surface area contributed by atoms with Gasteiger partial charge >= 0.3 is 29.6 Å². The normalized spacial score (nSPS) is 13.7. The van der Waals surface area contributed by atoms with Crippen LogP contribution in [0.3, 0.4) is 0 Å². The molecule has 0 atom stereocenters. The van der Waals surface area contributed by atoms with Crippen molar-refractivity contribution < 1.29 is 25.9 Å². The molecule has 0 aliphatic carbocycles. The van der Waals surface area contributed by atoms with Crippen molar-refractivity contribution in [2.45, 2.75) is 17.9 Å². The van der Waals surface area contributed by atoms with Crippen LogP contribution >= 0.6 is 0 Å². The van der Waals surface area contributed by atoms with Gasteiger partial charge in [0.15, 0.2) is 0 Å². The van der Waals surface area contributed by atoms with Crippen molar-refractivity contribution in [2.75, 3.05) is 0 Å². The van der Waals surface area contributed by atoms with Crippen LogP contribution in [0.25, 0.3) is 0 Å². The Hall–Kier alpha value is 0.820. The van der Waals surface area contributed by atoms with E-state index >= 15 is 0 Å². The van der Waals surface area contributed by atoms with Gasteiger partial charge in [0.05, 0.1) is 0 Å². The molecule has 2 N–H and O–H groups in total. The van der Waals surface area contributed by atoms with E-state index in [1.807, 2.05) is 0 Å². The molecule has 6 nitrogen and oxygen atoms in total. The van der Waals surface area contributed by atoms with Crippen molar-refractivity contribution in [2.24, 2.45) is 0 Å². The fourth-order valence-electron chi connectivity index (χ4n) is 0.133. The predicted molar refractivity (Wildman–Crippen MR) is 44.3 cm³/mol. The first-order chi connectivity index (χ1) is 4.50. The van der Waals surface area contributed by atoms with Crippen molar-refractivity contribution in [1.29, 1.82) is 0 Å². The van der Waals surface area contributed by atoms with Gasteiger partial charge in [-0.3, -0.25) is 9.11 Å². The van der Waals surface area contributed by atoms with Crippen LogP contribution in [0.1, 0.15) is 13.8 Å². The molecule has 0 saturated carbocycles. The summed E-state index contributed by atoms with van der Waals surface area (Å²) in [6.07, 6.45) is 0. The molecule has 0 unspecified atom stereocenters. The average molecular weight is 228 g/mol. The van der Waals surface area contributed by atoms with Crippen molar-refractivity contribution >= 4 is 49.8 Å². The fourth-order valence-corrected chi connectivity index (χ4v) is 1.20. The molecule has 0 fully saturated rings. The number of hydrogen-bond acceptors (Lipinski definition) is 4. The fraction of sp³-hybridized carbons (Fsp3) is 1.00. The van der Waals surface area contributed by atoms with E-state index in [2.05, 4.69) is 0 Å². The molecule has 0 amide bonds. The Morgan fingerprint density at radius 3 is 1.08 bits per heavy atom. The van der Waals surface area contributed by atoms with Gasteiger partial charge in [0.1, 0.15) is 0 Å². The van der Waals surface area contributed by atoms with Gasteiger partial charge in [-0.15, -0.1) is 0 Å². The molecule has 0 aromatic heterocycles. The first-order valence-corrected chi connectivity index (χ1v) is 5.32. The number of rotatable bonds is 2. The van der Waals surface area contributed by atoms with E-state index in [1.54, 1.807) is 0 Å². The standard InChI is InChI=1S/C3H8O6S2.Na.H/c1-3(2,10(4,5)6)11(7,8)9;;/h1-2H3,(H,4,5,6)(H,7,8,9);;. The predicted octanol–water partition coefficient (Wildman–Crippen LogP) is -1.15. The Labute approximate surface area is 93.1 Å². The summed E-state index contributed by atoms with van der Waals surface area (Å²) in [5, 5.41) is 0. The molecule has 0 aliphatic heterocycles. The van der Waals surface area contributed by atoms with Crippen LogP contribution in [0.15, 0.2) is 0 Å². The van der Waals surface area contributed by atoms with E-state index in [0.717, 1.165) is 0 Å². The zero-order valence-corrected chi connectivity index (χ0v) is 7.48. The van der Waals surface area contributed by atoms with E-state index in [4.69, 9.17) is 9.11 Å². The minimum absolute atomic E-state index is 0. The maximum absolute atomic E-state index is 10.3. The molecule has 0 spiro atoms. The molecule has 0 aliphatic rings. The molecule has 12 heavy (non-hydrogen) atoms. The van der Waals surface area contributed by atoms with E-state index in [9.17, 15) is 16.8 Å². The third-order valence-corrected chi connectivity index (χ3v) is 4.99. The Kier molecular flexibility index (Phi) is 4.98. The van der Waals surface area contributed by atoms with Gasteiger partial charge in [-0.25, -0.2) is 0 Å². The molecule has 0 bridgehead atoms. The van der Waals surface area contributed by atoms with Crippen molar-refractivity contribution in [3.63, 3.8) is 0 Å². The van der Waals surface area contributed by atoms with Gasteiger partial charge in [0, 0.05) is 0 Å². The van der Waals surface area contributed by atoms with E-state index in [1.165, 1.54) is 0 Å². The molecule has 0 aromatic carbocycles. The maximum atomic E-state index is 10.3. The molecule has 0 rings (SSSR count). The Morgan fingerprint density at radius 2 is 1.08 bits per heavy atom. The minimum atomic E-state index is -4.80. The Morgan fingerprint density at radius 1 is 0.917 bits per heavy atom. The summed E-state index contributed by atoms with van der Waals surface area (Å²) in [6.45, 7) is 1.36. The van der Waals surface area contributed by atoms with Crippen LogP contribution in [0, 0.1) is 0 Å². The van der Waals surface area contributed by atoms with E-state index < -0.39 is 24.3 Å². The quantitative estimate of drug-likeness (QED) is 0.456. The second kappa shape index (κ2) is 3.91. The Balaban J connectivity index is 0. The monoisotopic (exact) mass is 228 g/mol. The van der Waals surface area contributed by atoms with Crippen LogP contribution in [-0.4, -0.2) is 59.6 Å². The summed E-state index contributed by atoms with van der Waals surface area (Å²) in [4.78, 5) is 0. The van der Waals surface area contributed by atoms with Gasteiger partial charge in [0.25, 0.3) is 20.2 Å². The zero-order chi connectivity index (χ0) is 9.50.